The molecule has 1 heterocycles. The second-order valence-electron chi connectivity index (χ2n) is 5.02. The molecule has 1 N–H and O–H groups in total. The Bertz CT molecular complexity index is 336. The lowest BCUT2D eigenvalue weighted by atomic mass is 9.97. The molecule has 0 unspecified atom stereocenters. The van der Waals surface area contributed by atoms with Crippen LogP contribution in [0.25, 0.3) is 0 Å². The van der Waals surface area contributed by atoms with E-state index >= 15 is 0 Å². The van der Waals surface area contributed by atoms with Gasteiger partial charge in [-0.1, -0.05) is 28.1 Å². The summed E-state index contributed by atoms with van der Waals surface area (Å²) in [6.45, 7) is 4.66. The van der Waals surface area contributed by atoms with Gasteiger partial charge in [0, 0.05) is 17.6 Å². The Hall–Kier alpha value is -0.0900. The van der Waals surface area contributed by atoms with Crippen LogP contribution in [0, 0.1) is 5.92 Å². The molecule has 0 aromatic heterocycles. The normalized spacial score (nSPS) is 16.6. The zero-order valence-corrected chi connectivity index (χ0v) is 13.3. The van der Waals surface area contributed by atoms with Gasteiger partial charge in [-0.3, -0.25) is 0 Å². The van der Waals surface area contributed by atoms with Crippen LogP contribution >= 0.6 is 28.3 Å². The molecule has 0 amide bonds. The van der Waals surface area contributed by atoms with E-state index in [0.29, 0.717) is 0 Å². The van der Waals surface area contributed by atoms with Gasteiger partial charge in [0.15, 0.2) is 0 Å². The highest BCUT2D eigenvalue weighted by atomic mass is 79.9. The minimum Gasteiger partial charge on any atom is -0.317 e. The SMILES string of the molecule is CN(Cc1ccc(Br)cc1)CC1CCNCC1.Cl. The van der Waals surface area contributed by atoms with E-state index in [4.69, 9.17) is 0 Å². The first-order chi connectivity index (χ1) is 8.24. The van der Waals surface area contributed by atoms with Gasteiger partial charge in [-0.2, -0.15) is 0 Å². The summed E-state index contributed by atoms with van der Waals surface area (Å²) in [5, 5.41) is 3.42. The number of benzene rings is 1. The van der Waals surface area contributed by atoms with E-state index in [1.165, 1.54) is 38.0 Å². The molecule has 1 aliphatic rings. The fourth-order valence-electron chi connectivity index (χ4n) is 2.47. The van der Waals surface area contributed by atoms with Crippen LogP contribution in [0.2, 0.25) is 0 Å². The number of rotatable bonds is 4. The highest BCUT2D eigenvalue weighted by Crippen LogP contribution is 2.15. The van der Waals surface area contributed by atoms with Gasteiger partial charge in [0.25, 0.3) is 0 Å². The van der Waals surface area contributed by atoms with Gasteiger partial charge in [0.05, 0.1) is 0 Å². The quantitative estimate of drug-likeness (QED) is 0.909. The topological polar surface area (TPSA) is 15.3 Å². The van der Waals surface area contributed by atoms with Crippen LogP contribution in [0.1, 0.15) is 18.4 Å². The van der Waals surface area contributed by atoms with Crippen molar-refractivity contribution in [2.45, 2.75) is 19.4 Å². The molecule has 1 aliphatic heterocycles. The first-order valence-electron chi connectivity index (χ1n) is 6.38. The molecule has 4 heteroatoms. The molecule has 1 aromatic rings. The number of halogens is 2. The lowest BCUT2D eigenvalue weighted by molar-refractivity contribution is 0.234. The van der Waals surface area contributed by atoms with Crippen molar-refractivity contribution in [3.8, 4) is 0 Å². The molecule has 1 fully saturated rings. The number of hydrogen-bond donors (Lipinski definition) is 1. The maximum atomic E-state index is 3.47. The molecular weight excluding hydrogens is 312 g/mol. The monoisotopic (exact) mass is 332 g/mol. The first kappa shape index (κ1) is 16.0. The van der Waals surface area contributed by atoms with Crippen molar-refractivity contribution in [1.29, 1.82) is 0 Å². The van der Waals surface area contributed by atoms with E-state index in [9.17, 15) is 0 Å². The van der Waals surface area contributed by atoms with E-state index in [2.05, 4.69) is 57.5 Å². The summed E-state index contributed by atoms with van der Waals surface area (Å²) >= 11 is 3.47. The van der Waals surface area contributed by atoms with Crippen molar-refractivity contribution in [3.63, 3.8) is 0 Å². The Morgan fingerprint density at radius 3 is 2.44 bits per heavy atom. The summed E-state index contributed by atoms with van der Waals surface area (Å²) in [4.78, 5) is 2.44. The molecule has 2 nitrogen and oxygen atoms in total. The summed E-state index contributed by atoms with van der Waals surface area (Å²) in [6.07, 6.45) is 2.65. The summed E-state index contributed by atoms with van der Waals surface area (Å²) in [7, 11) is 2.23. The van der Waals surface area contributed by atoms with Crippen LogP contribution < -0.4 is 5.32 Å². The smallest absolute Gasteiger partial charge is 0.0230 e. The molecule has 0 bridgehead atoms. The van der Waals surface area contributed by atoms with E-state index in [1.54, 1.807) is 0 Å². The van der Waals surface area contributed by atoms with Crippen LogP contribution in [0.4, 0.5) is 0 Å². The summed E-state index contributed by atoms with van der Waals surface area (Å²) in [5.41, 5.74) is 1.39. The number of nitrogens with one attached hydrogen (secondary N) is 1. The Morgan fingerprint density at radius 2 is 1.83 bits per heavy atom. The predicted octanol–water partition coefficient (Wildman–Crippen LogP) is 3.30. The van der Waals surface area contributed by atoms with Gasteiger partial charge in [-0.05, 0) is 56.6 Å². The number of piperidine rings is 1. The molecule has 18 heavy (non-hydrogen) atoms. The zero-order chi connectivity index (χ0) is 12.1. The van der Waals surface area contributed by atoms with Crippen molar-refractivity contribution in [3.05, 3.63) is 34.3 Å². The lowest BCUT2D eigenvalue weighted by Crippen LogP contribution is -2.34. The van der Waals surface area contributed by atoms with Gasteiger partial charge in [-0.25, -0.2) is 0 Å². The molecule has 2 rings (SSSR count). The van der Waals surface area contributed by atoms with Crippen molar-refractivity contribution in [2.75, 3.05) is 26.7 Å². The fourth-order valence-corrected chi connectivity index (χ4v) is 2.74. The Morgan fingerprint density at radius 1 is 1.22 bits per heavy atom. The van der Waals surface area contributed by atoms with E-state index in [-0.39, 0.29) is 12.4 Å². The van der Waals surface area contributed by atoms with E-state index in [1.807, 2.05) is 0 Å². The molecule has 0 saturated carbocycles. The van der Waals surface area contributed by atoms with E-state index in [0.717, 1.165) is 16.9 Å². The van der Waals surface area contributed by atoms with Gasteiger partial charge < -0.3 is 10.2 Å². The van der Waals surface area contributed by atoms with Gasteiger partial charge in [-0.15, -0.1) is 12.4 Å². The Labute approximate surface area is 125 Å². The minimum atomic E-state index is 0. The third-order valence-electron chi connectivity index (χ3n) is 3.39. The van der Waals surface area contributed by atoms with Crippen LogP contribution in [0.5, 0.6) is 0 Å². The Balaban J connectivity index is 0.00000162. The average Bonchev–Trinajstić information content (AvgIpc) is 2.33. The van der Waals surface area contributed by atoms with Crippen molar-refractivity contribution < 1.29 is 0 Å². The van der Waals surface area contributed by atoms with Gasteiger partial charge in [0.1, 0.15) is 0 Å². The lowest BCUT2D eigenvalue weighted by Gasteiger charge is -2.27. The molecule has 0 aliphatic carbocycles. The maximum Gasteiger partial charge on any atom is 0.0230 e. The second-order valence-corrected chi connectivity index (χ2v) is 5.93. The van der Waals surface area contributed by atoms with Crippen LogP contribution in [0.3, 0.4) is 0 Å². The third-order valence-corrected chi connectivity index (χ3v) is 3.92. The molecule has 1 saturated heterocycles. The van der Waals surface area contributed by atoms with Gasteiger partial charge >= 0.3 is 0 Å². The largest absolute Gasteiger partial charge is 0.317 e. The highest BCUT2D eigenvalue weighted by molar-refractivity contribution is 9.10. The molecule has 1 aromatic carbocycles. The van der Waals surface area contributed by atoms with Crippen LogP contribution in [0.15, 0.2) is 28.7 Å². The standard InChI is InChI=1S/C14H21BrN2.ClH/c1-17(11-13-6-8-16-9-7-13)10-12-2-4-14(15)5-3-12;/h2-5,13,16H,6-11H2,1H3;1H. The molecule has 0 radical (unpaired) electrons. The van der Waals surface area contributed by atoms with Crippen LogP contribution in [-0.4, -0.2) is 31.6 Å². The zero-order valence-electron chi connectivity index (χ0n) is 10.9. The van der Waals surface area contributed by atoms with Gasteiger partial charge in [0.2, 0.25) is 0 Å². The molecule has 0 spiro atoms. The van der Waals surface area contributed by atoms with Crippen LogP contribution in [-0.2, 0) is 6.54 Å². The summed E-state index contributed by atoms with van der Waals surface area (Å²) in [5.74, 6) is 0.872. The second kappa shape index (κ2) is 8.16. The average molecular weight is 334 g/mol. The van der Waals surface area contributed by atoms with Crippen molar-refractivity contribution in [2.24, 2.45) is 5.92 Å². The van der Waals surface area contributed by atoms with E-state index < -0.39 is 0 Å². The minimum absolute atomic E-state index is 0. The van der Waals surface area contributed by atoms with Crippen molar-refractivity contribution in [1.82, 2.24) is 10.2 Å². The number of nitrogens with zero attached hydrogens (tertiary/aromatic N) is 1. The Kier molecular flexibility index (Phi) is 7.23. The highest BCUT2D eigenvalue weighted by Gasteiger charge is 2.14. The number of hydrogen-bond acceptors (Lipinski definition) is 2. The predicted molar refractivity (Wildman–Crippen MR) is 83.3 cm³/mol. The summed E-state index contributed by atoms with van der Waals surface area (Å²) in [6, 6.07) is 8.63. The molecular formula is C14H22BrClN2. The molecule has 0 atom stereocenters. The first-order valence-corrected chi connectivity index (χ1v) is 7.17. The van der Waals surface area contributed by atoms with Crippen molar-refractivity contribution >= 4 is 28.3 Å². The molecule has 102 valence electrons. The summed E-state index contributed by atoms with van der Waals surface area (Å²) < 4.78 is 1.15. The maximum absolute atomic E-state index is 3.47. The third kappa shape index (κ3) is 5.27. The fraction of sp³-hybridized carbons (Fsp3) is 0.571.